The number of hydrogen-bond acceptors (Lipinski definition) is 8. The lowest BCUT2D eigenvalue weighted by Gasteiger charge is -2.25. The Hall–Kier alpha value is -2.49. The molecule has 0 radical (unpaired) electrons. The highest BCUT2D eigenvalue weighted by molar-refractivity contribution is 5.78. The molecule has 1 aliphatic carbocycles. The van der Waals surface area contributed by atoms with Crippen molar-refractivity contribution in [1.82, 2.24) is 5.32 Å². The second kappa shape index (κ2) is 8.03. The first-order valence-corrected chi connectivity index (χ1v) is 8.43. The minimum absolute atomic E-state index is 0.265. The molecule has 3 rings (SSSR count). The standard InChI is InChI=1S/C19H21NO7/c21-9-15(22)16(23)17(24)18(25)19(26)27-11-5-6-14-13(7-11)12-4-2-1-3-10(12)8-20-14/h1-6,8,15-18,20-25H,7,9H2/t15-,16-,17+,18-/m1/s1. The lowest BCUT2D eigenvalue weighted by molar-refractivity contribution is -0.166. The normalized spacial score (nSPS) is 19.8. The molecular formula is C19H21NO7. The van der Waals surface area contributed by atoms with Crippen LogP contribution in [-0.2, 0) is 9.53 Å². The smallest absolute Gasteiger partial charge is 0.342 e. The van der Waals surface area contributed by atoms with Crippen molar-refractivity contribution < 1.29 is 35.1 Å². The Kier molecular flexibility index (Phi) is 5.73. The second-order valence-corrected chi connectivity index (χ2v) is 6.34. The summed E-state index contributed by atoms with van der Waals surface area (Å²) < 4.78 is 5.16. The summed E-state index contributed by atoms with van der Waals surface area (Å²) in [6.07, 6.45) is -2.20. The molecule has 2 aliphatic rings. The molecule has 0 amide bonds. The molecule has 1 aliphatic heterocycles. The van der Waals surface area contributed by atoms with Crippen molar-refractivity contribution in [1.29, 1.82) is 0 Å². The molecule has 1 heterocycles. The maximum Gasteiger partial charge on any atom is 0.342 e. The Morgan fingerprint density at radius 1 is 1.11 bits per heavy atom. The fourth-order valence-corrected chi connectivity index (χ4v) is 2.96. The summed E-state index contributed by atoms with van der Waals surface area (Å²) in [5, 5.41) is 52.5. The van der Waals surface area contributed by atoms with E-state index in [9.17, 15) is 25.2 Å². The van der Waals surface area contributed by atoms with Crippen molar-refractivity contribution in [2.45, 2.75) is 30.8 Å². The molecule has 0 spiro atoms. The van der Waals surface area contributed by atoms with Crippen molar-refractivity contribution in [3.8, 4) is 0 Å². The molecule has 8 nitrogen and oxygen atoms in total. The molecular weight excluding hydrogens is 354 g/mol. The third-order valence-electron chi connectivity index (χ3n) is 4.51. The molecule has 0 unspecified atom stereocenters. The van der Waals surface area contributed by atoms with Gasteiger partial charge in [-0.05, 0) is 28.2 Å². The van der Waals surface area contributed by atoms with Crippen LogP contribution >= 0.6 is 0 Å². The van der Waals surface area contributed by atoms with Crippen LogP contribution in [0, 0.1) is 0 Å². The average Bonchev–Trinajstić information content (AvgIpc) is 2.71. The maximum atomic E-state index is 12.1. The highest BCUT2D eigenvalue weighted by Crippen LogP contribution is 2.25. The molecule has 144 valence electrons. The van der Waals surface area contributed by atoms with Crippen LogP contribution in [0.25, 0.3) is 11.8 Å². The van der Waals surface area contributed by atoms with Crippen LogP contribution < -0.4 is 15.8 Å². The first-order valence-electron chi connectivity index (χ1n) is 8.43. The predicted octanol–water partition coefficient (Wildman–Crippen LogP) is -2.67. The van der Waals surface area contributed by atoms with Gasteiger partial charge < -0.3 is 35.6 Å². The lowest BCUT2D eigenvalue weighted by Crippen LogP contribution is -2.49. The molecule has 4 atom stereocenters. The summed E-state index contributed by atoms with van der Waals surface area (Å²) in [7, 11) is 0. The van der Waals surface area contributed by atoms with E-state index >= 15 is 0 Å². The molecule has 1 aromatic rings. The number of nitrogens with one attached hydrogen (secondary N) is 1. The summed E-state index contributed by atoms with van der Waals surface area (Å²) in [5.41, 5.74) is 1.79. The maximum absolute atomic E-state index is 12.1. The van der Waals surface area contributed by atoms with Gasteiger partial charge in [0.15, 0.2) is 6.10 Å². The number of hydrogen-bond donors (Lipinski definition) is 6. The van der Waals surface area contributed by atoms with Gasteiger partial charge in [-0.25, -0.2) is 4.79 Å². The zero-order valence-corrected chi connectivity index (χ0v) is 14.3. The van der Waals surface area contributed by atoms with Crippen molar-refractivity contribution in [2.75, 3.05) is 6.61 Å². The largest absolute Gasteiger partial charge is 0.429 e. The summed E-state index contributed by atoms with van der Waals surface area (Å²) >= 11 is 0. The van der Waals surface area contributed by atoms with Crippen LogP contribution in [0.15, 0.2) is 47.9 Å². The minimum Gasteiger partial charge on any atom is -0.429 e. The first-order chi connectivity index (χ1) is 12.9. The quantitative estimate of drug-likeness (QED) is 0.296. The second-order valence-electron chi connectivity index (χ2n) is 6.34. The first kappa shape index (κ1) is 19.3. The van der Waals surface area contributed by atoms with Gasteiger partial charge in [-0.2, -0.15) is 0 Å². The SMILES string of the molecule is O=C(OC1=CC=C2NC=c3ccccc3=C2C1)[C@H](O)[C@@H](O)[C@H](O)[C@H](O)CO. The van der Waals surface area contributed by atoms with Crippen LogP contribution in [0.2, 0.25) is 0 Å². The van der Waals surface area contributed by atoms with Gasteiger partial charge in [0.1, 0.15) is 24.1 Å². The molecule has 0 fully saturated rings. The number of carbonyl (C=O) groups excluding carboxylic acids is 1. The van der Waals surface area contributed by atoms with E-state index < -0.39 is 37.0 Å². The molecule has 27 heavy (non-hydrogen) atoms. The van der Waals surface area contributed by atoms with Crippen LogP contribution in [0.3, 0.4) is 0 Å². The van der Waals surface area contributed by atoms with Gasteiger partial charge in [0, 0.05) is 18.3 Å². The molecule has 8 heteroatoms. The van der Waals surface area contributed by atoms with Crippen molar-refractivity contribution in [3.63, 3.8) is 0 Å². The Labute approximate surface area is 154 Å². The molecule has 0 saturated carbocycles. The predicted molar refractivity (Wildman–Crippen MR) is 94.7 cm³/mol. The monoisotopic (exact) mass is 375 g/mol. The van der Waals surface area contributed by atoms with Gasteiger partial charge in [0.25, 0.3) is 0 Å². The van der Waals surface area contributed by atoms with Crippen molar-refractivity contribution in [2.24, 2.45) is 0 Å². The van der Waals surface area contributed by atoms with E-state index in [1.165, 1.54) is 0 Å². The zero-order valence-electron chi connectivity index (χ0n) is 14.3. The third-order valence-corrected chi connectivity index (χ3v) is 4.51. The number of rotatable bonds is 6. The summed E-state index contributed by atoms with van der Waals surface area (Å²) in [4.78, 5) is 12.1. The van der Waals surface area contributed by atoms with Crippen LogP contribution in [-0.4, -0.2) is 62.5 Å². The minimum atomic E-state index is -2.08. The molecule has 1 aromatic carbocycles. The highest BCUT2D eigenvalue weighted by atomic mass is 16.6. The molecule has 0 bridgehead atoms. The summed E-state index contributed by atoms with van der Waals surface area (Å²) in [6, 6.07) is 7.71. The summed E-state index contributed by atoms with van der Waals surface area (Å²) in [5.74, 6) is -0.903. The Bertz CT molecular complexity index is 905. The van der Waals surface area contributed by atoms with E-state index in [1.807, 2.05) is 30.5 Å². The number of aliphatic hydroxyl groups is 5. The number of esters is 1. The fourth-order valence-electron chi connectivity index (χ4n) is 2.96. The Balaban J connectivity index is 1.74. The van der Waals surface area contributed by atoms with Gasteiger partial charge in [-0.1, -0.05) is 24.3 Å². The number of aliphatic hydroxyl groups excluding tert-OH is 5. The number of benzene rings is 1. The molecule has 0 saturated heterocycles. The van der Waals surface area contributed by atoms with E-state index in [-0.39, 0.29) is 5.76 Å². The van der Waals surface area contributed by atoms with Crippen LogP contribution in [0.1, 0.15) is 6.42 Å². The van der Waals surface area contributed by atoms with Crippen molar-refractivity contribution >= 4 is 17.7 Å². The molecule has 0 aromatic heterocycles. The average molecular weight is 375 g/mol. The van der Waals surface area contributed by atoms with Gasteiger partial charge in [-0.15, -0.1) is 0 Å². The number of ether oxygens (including phenoxy) is 1. The number of carbonyl (C=O) groups is 1. The highest BCUT2D eigenvalue weighted by Gasteiger charge is 2.35. The van der Waals surface area contributed by atoms with E-state index in [1.54, 1.807) is 12.2 Å². The zero-order chi connectivity index (χ0) is 19.6. The van der Waals surface area contributed by atoms with Crippen molar-refractivity contribution in [3.05, 3.63) is 58.3 Å². The van der Waals surface area contributed by atoms with Gasteiger partial charge in [0.2, 0.25) is 0 Å². The van der Waals surface area contributed by atoms with Gasteiger partial charge >= 0.3 is 5.97 Å². The van der Waals surface area contributed by atoms with Gasteiger partial charge in [0.05, 0.1) is 6.61 Å². The lowest BCUT2D eigenvalue weighted by atomic mass is 9.96. The Morgan fingerprint density at radius 3 is 2.59 bits per heavy atom. The topological polar surface area (TPSA) is 139 Å². The Morgan fingerprint density at radius 2 is 1.85 bits per heavy atom. The van der Waals surface area contributed by atoms with E-state index in [2.05, 4.69) is 5.32 Å². The van der Waals surface area contributed by atoms with E-state index in [0.29, 0.717) is 6.42 Å². The van der Waals surface area contributed by atoms with E-state index in [4.69, 9.17) is 9.84 Å². The fraction of sp³-hybridized carbons (Fsp3) is 0.316. The van der Waals surface area contributed by atoms with E-state index in [0.717, 1.165) is 21.7 Å². The summed E-state index contributed by atoms with van der Waals surface area (Å²) in [6.45, 7) is -0.833. The van der Waals surface area contributed by atoms with Gasteiger partial charge in [-0.3, -0.25) is 0 Å². The molecule has 6 N–H and O–H groups in total. The number of allylic oxidation sites excluding steroid dienone is 4. The van der Waals surface area contributed by atoms with Crippen LogP contribution in [0.5, 0.6) is 0 Å². The third kappa shape index (κ3) is 3.95. The van der Waals surface area contributed by atoms with Crippen LogP contribution in [0.4, 0.5) is 0 Å². The number of fused-ring (bicyclic) bond motifs is 2.